The summed E-state index contributed by atoms with van der Waals surface area (Å²) in [5, 5.41) is 13.7. The zero-order chi connectivity index (χ0) is 13.7. The van der Waals surface area contributed by atoms with Crippen molar-refractivity contribution in [2.24, 2.45) is 0 Å². The molecule has 0 aliphatic carbocycles. The fourth-order valence-electron chi connectivity index (χ4n) is 1.72. The molecule has 0 amide bonds. The van der Waals surface area contributed by atoms with Crippen molar-refractivity contribution in [1.82, 2.24) is 4.98 Å². The van der Waals surface area contributed by atoms with E-state index in [9.17, 15) is 14.5 Å². The summed E-state index contributed by atoms with van der Waals surface area (Å²) >= 11 is 0. The molecule has 1 heterocycles. The van der Waals surface area contributed by atoms with E-state index in [1.165, 1.54) is 24.5 Å². The predicted molar refractivity (Wildman–Crippen MR) is 69.5 cm³/mol. The Labute approximate surface area is 109 Å². The van der Waals surface area contributed by atoms with Crippen molar-refractivity contribution in [2.45, 2.75) is 6.42 Å². The van der Waals surface area contributed by atoms with Crippen LogP contribution in [0, 0.1) is 15.9 Å². The number of benzene rings is 1. The van der Waals surface area contributed by atoms with Crippen LogP contribution in [-0.4, -0.2) is 16.5 Å². The summed E-state index contributed by atoms with van der Waals surface area (Å²) < 4.78 is 13.0. The third-order valence-electron chi connectivity index (χ3n) is 2.61. The van der Waals surface area contributed by atoms with Gasteiger partial charge in [-0.1, -0.05) is 12.1 Å². The van der Waals surface area contributed by atoms with E-state index in [1.807, 2.05) is 6.07 Å². The van der Waals surface area contributed by atoms with Gasteiger partial charge in [0.2, 0.25) is 0 Å². The Bertz CT molecular complexity index is 590. The third kappa shape index (κ3) is 3.48. The van der Waals surface area contributed by atoms with E-state index >= 15 is 0 Å². The molecule has 2 aromatic rings. The first-order valence-corrected chi connectivity index (χ1v) is 5.73. The first kappa shape index (κ1) is 12.9. The smallest absolute Gasteiger partial charge is 0.310 e. The molecule has 0 radical (unpaired) electrons. The van der Waals surface area contributed by atoms with E-state index < -0.39 is 4.92 Å². The molecule has 1 aromatic heterocycles. The van der Waals surface area contributed by atoms with Gasteiger partial charge in [-0.3, -0.25) is 15.1 Å². The zero-order valence-electron chi connectivity index (χ0n) is 10.0. The second-order valence-corrected chi connectivity index (χ2v) is 3.96. The van der Waals surface area contributed by atoms with Crippen LogP contribution in [0.15, 0.2) is 42.7 Å². The highest BCUT2D eigenvalue weighted by atomic mass is 19.1. The third-order valence-corrected chi connectivity index (χ3v) is 2.61. The Morgan fingerprint density at radius 1 is 1.37 bits per heavy atom. The topological polar surface area (TPSA) is 68.1 Å². The van der Waals surface area contributed by atoms with Crippen LogP contribution in [0.1, 0.15) is 5.56 Å². The molecular formula is C13H12FN3O2. The second kappa shape index (κ2) is 5.90. The van der Waals surface area contributed by atoms with E-state index in [-0.39, 0.29) is 11.5 Å². The molecule has 0 aliphatic heterocycles. The van der Waals surface area contributed by atoms with Gasteiger partial charge in [0, 0.05) is 12.7 Å². The van der Waals surface area contributed by atoms with Crippen LogP contribution in [0.25, 0.3) is 0 Å². The largest absolute Gasteiger partial charge is 0.379 e. The maximum Gasteiger partial charge on any atom is 0.310 e. The standard InChI is InChI=1S/C13H12FN3O2/c14-11-3-1-2-10(8-11)4-7-16-12-5-6-15-9-13(12)17(18)19/h1-3,5-6,8-9H,4,7H2,(H,15,16). The molecular weight excluding hydrogens is 249 g/mol. The van der Waals surface area contributed by atoms with Crippen molar-refractivity contribution in [1.29, 1.82) is 0 Å². The van der Waals surface area contributed by atoms with Gasteiger partial charge in [0.05, 0.1) is 4.92 Å². The molecule has 98 valence electrons. The number of nitro groups is 1. The van der Waals surface area contributed by atoms with Crippen molar-refractivity contribution >= 4 is 11.4 Å². The van der Waals surface area contributed by atoms with Crippen LogP contribution in [0.2, 0.25) is 0 Å². The summed E-state index contributed by atoms with van der Waals surface area (Å²) in [5.41, 5.74) is 1.18. The Balaban J connectivity index is 1.98. The van der Waals surface area contributed by atoms with Crippen LogP contribution in [0.5, 0.6) is 0 Å². The molecule has 0 saturated carbocycles. The Morgan fingerprint density at radius 2 is 2.21 bits per heavy atom. The first-order valence-electron chi connectivity index (χ1n) is 5.73. The molecule has 0 atom stereocenters. The van der Waals surface area contributed by atoms with Crippen molar-refractivity contribution < 1.29 is 9.31 Å². The quantitative estimate of drug-likeness (QED) is 0.663. The average molecular weight is 261 g/mol. The SMILES string of the molecule is O=[N+]([O-])c1cnccc1NCCc1cccc(F)c1. The van der Waals surface area contributed by atoms with Crippen LogP contribution in [0.3, 0.4) is 0 Å². The number of hydrogen-bond donors (Lipinski definition) is 1. The van der Waals surface area contributed by atoms with Crippen molar-refractivity contribution in [2.75, 3.05) is 11.9 Å². The van der Waals surface area contributed by atoms with Crippen molar-refractivity contribution in [3.8, 4) is 0 Å². The highest BCUT2D eigenvalue weighted by Gasteiger charge is 2.12. The number of aromatic nitrogens is 1. The number of pyridine rings is 1. The number of nitrogens with zero attached hydrogens (tertiary/aromatic N) is 2. The van der Waals surface area contributed by atoms with E-state index in [0.717, 1.165) is 5.56 Å². The normalized spacial score (nSPS) is 10.2. The van der Waals surface area contributed by atoms with Gasteiger partial charge in [-0.2, -0.15) is 0 Å². The molecule has 2 rings (SSSR count). The fraction of sp³-hybridized carbons (Fsp3) is 0.154. The van der Waals surface area contributed by atoms with E-state index in [1.54, 1.807) is 12.1 Å². The Morgan fingerprint density at radius 3 is 2.95 bits per heavy atom. The summed E-state index contributed by atoms with van der Waals surface area (Å²) in [5.74, 6) is -0.285. The lowest BCUT2D eigenvalue weighted by Crippen LogP contribution is -2.07. The van der Waals surface area contributed by atoms with Crippen molar-refractivity contribution in [3.63, 3.8) is 0 Å². The first-order chi connectivity index (χ1) is 9.16. The fourth-order valence-corrected chi connectivity index (χ4v) is 1.72. The summed E-state index contributed by atoms with van der Waals surface area (Å²) in [6.45, 7) is 0.480. The van der Waals surface area contributed by atoms with Gasteiger partial charge in [-0.05, 0) is 30.2 Å². The molecule has 6 heteroatoms. The van der Waals surface area contributed by atoms with Crippen LogP contribution >= 0.6 is 0 Å². The monoisotopic (exact) mass is 261 g/mol. The lowest BCUT2D eigenvalue weighted by Gasteiger charge is -2.06. The Hall–Kier alpha value is -2.50. The Kier molecular flexibility index (Phi) is 4.02. The molecule has 0 saturated heterocycles. The minimum atomic E-state index is -0.489. The van der Waals surface area contributed by atoms with Crippen LogP contribution in [0.4, 0.5) is 15.8 Å². The van der Waals surface area contributed by atoms with Gasteiger partial charge in [-0.15, -0.1) is 0 Å². The van der Waals surface area contributed by atoms with Gasteiger partial charge in [0.25, 0.3) is 0 Å². The lowest BCUT2D eigenvalue weighted by molar-refractivity contribution is -0.384. The van der Waals surface area contributed by atoms with Gasteiger partial charge in [-0.25, -0.2) is 4.39 Å². The summed E-state index contributed by atoms with van der Waals surface area (Å²) in [6.07, 6.45) is 3.26. The van der Waals surface area contributed by atoms with Gasteiger partial charge in [0.15, 0.2) is 0 Å². The summed E-state index contributed by atoms with van der Waals surface area (Å²) in [7, 11) is 0. The lowest BCUT2D eigenvalue weighted by atomic mass is 10.1. The number of nitrogens with one attached hydrogen (secondary N) is 1. The molecule has 0 fully saturated rings. The van der Waals surface area contributed by atoms with Crippen LogP contribution in [-0.2, 0) is 6.42 Å². The van der Waals surface area contributed by atoms with Crippen LogP contribution < -0.4 is 5.32 Å². The number of anilines is 1. The minimum absolute atomic E-state index is 0.0678. The molecule has 5 nitrogen and oxygen atoms in total. The summed E-state index contributed by atoms with van der Waals surface area (Å²) in [4.78, 5) is 14.0. The number of halogens is 1. The molecule has 0 bridgehead atoms. The molecule has 19 heavy (non-hydrogen) atoms. The van der Waals surface area contributed by atoms with Crippen molar-refractivity contribution in [3.05, 3.63) is 64.2 Å². The van der Waals surface area contributed by atoms with E-state index in [0.29, 0.717) is 18.7 Å². The highest BCUT2D eigenvalue weighted by molar-refractivity contribution is 5.59. The number of hydrogen-bond acceptors (Lipinski definition) is 4. The maximum atomic E-state index is 13.0. The van der Waals surface area contributed by atoms with E-state index in [2.05, 4.69) is 10.3 Å². The highest BCUT2D eigenvalue weighted by Crippen LogP contribution is 2.21. The van der Waals surface area contributed by atoms with Gasteiger partial charge >= 0.3 is 5.69 Å². The summed E-state index contributed by atoms with van der Waals surface area (Å²) in [6, 6.07) is 7.82. The zero-order valence-corrected chi connectivity index (χ0v) is 10.0. The maximum absolute atomic E-state index is 13.0. The predicted octanol–water partition coefficient (Wildman–Crippen LogP) is 2.78. The average Bonchev–Trinajstić information content (AvgIpc) is 2.39. The molecule has 1 aromatic carbocycles. The molecule has 1 N–H and O–H groups in total. The van der Waals surface area contributed by atoms with Gasteiger partial charge < -0.3 is 5.32 Å². The molecule has 0 unspecified atom stereocenters. The second-order valence-electron chi connectivity index (χ2n) is 3.96. The van der Waals surface area contributed by atoms with Gasteiger partial charge in [0.1, 0.15) is 17.7 Å². The molecule has 0 spiro atoms. The molecule has 0 aliphatic rings. The van der Waals surface area contributed by atoms with E-state index in [4.69, 9.17) is 0 Å². The number of rotatable bonds is 5. The minimum Gasteiger partial charge on any atom is -0.379 e.